The van der Waals surface area contributed by atoms with E-state index in [4.69, 9.17) is 18.6 Å². The van der Waals surface area contributed by atoms with Crippen LogP contribution in [0.1, 0.15) is 97.3 Å². The topological polar surface area (TPSA) is 71.1 Å². The van der Waals surface area contributed by atoms with Crippen LogP contribution in [0.15, 0.2) is 90.6 Å². The second-order valence-corrected chi connectivity index (χ2v) is 19.7. The van der Waals surface area contributed by atoms with Crippen molar-refractivity contribution in [1.29, 1.82) is 0 Å². The molecule has 1 aliphatic rings. The van der Waals surface area contributed by atoms with Crippen molar-refractivity contribution >= 4 is 20.3 Å². The van der Waals surface area contributed by atoms with Crippen LogP contribution in [0, 0.1) is 11.8 Å². The standard InChI is InChI=1S/C41H62O6Si/c1-13-14-20-35(46-40(43)34-18-16-15-17-19-34)23-24-38-32(5)28-36(45-38)21-22-37(47-48(11,12)41(7,8)9)27-31(4)30(3)25-29(2)26-33(6)39(42)44-10/h13-19,21-22,25,29,33,35-38H,4-5,20,23-24,26-28H2,1-3,6-12H3/b14-13+,22-21?,30-25+/t29-,33+,35+,36-,37+,38+/m0/s1. The zero-order valence-corrected chi connectivity index (χ0v) is 32.3. The fourth-order valence-electron chi connectivity index (χ4n) is 5.60. The van der Waals surface area contributed by atoms with Gasteiger partial charge in [0.2, 0.25) is 0 Å². The van der Waals surface area contributed by atoms with Gasteiger partial charge in [0, 0.05) is 19.3 Å². The number of carbonyl (C=O) groups excluding carboxylic acids is 2. The molecule has 1 aromatic rings. The Bertz CT molecular complexity index is 1300. The summed E-state index contributed by atoms with van der Waals surface area (Å²) in [6, 6.07) is 9.12. The number of hydrogen-bond donors (Lipinski definition) is 0. The second kappa shape index (κ2) is 19.3. The lowest BCUT2D eigenvalue weighted by Gasteiger charge is -2.39. The fourth-order valence-corrected chi connectivity index (χ4v) is 6.87. The maximum atomic E-state index is 12.7. The van der Waals surface area contributed by atoms with Gasteiger partial charge in [-0.05, 0) is 80.4 Å². The molecule has 0 unspecified atom stereocenters. The molecule has 1 saturated heterocycles. The molecule has 0 saturated carbocycles. The number of hydrogen-bond acceptors (Lipinski definition) is 6. The molecule has 1 heterocycles. The highest BCUT2D eigenvalue weighted by Gasteiger charge is 2.39. The lowest BCUT2D eigenvalue weighted by atomic mass is 9.93. The van der Waals surface area contributed by atoms with Gasteiger partial charge in [0.05, 0.1) is 36.9 Å². The van der Waals surface area contributed by atoms with Crippen molar-refractivity contribution in [3.8, 4) is 0 Å². The average Bonchev–Trinajstić information content (AvgIpc) is 3.38. The number of allylic oxidation sites excluding steroid dienone is 3. The van der Waals surface area contributed by atoms with E-state index in [0.717, 1.165) is 36.0 Å². The van der Waals surface area contributed by atoms with Crippen molar-refractivity contribution in [2.24, 2.45) is 11.8 Å². The number of esters is 2. The summed E-state index contributed by atoms with van der Waals surface area (Å²) < 4.78 is 24.2. The van der Waals surface area contributed by atoms with E-state index in [0.29, 0.717) is 24.8 Å². The van der Waals surface area contributed by atoms with Gasteiger partial charge < -0.3 is 18.6 Å². The third-order valence-corrected chi connectivity index (χ3v) is 14.1. The monoisotopic (exact) mass is 678 g/mol. The summed E-state index contributed by atoms with van der Waals surface area (Å²) in [6.45, 7) is 28.1. The first-order valence-electron chi connectivity index (χ1n) is 17.5. The van der Waals surface area contributed by atoms with E-state index >= 15 is 0 Å². The molecule has 0 aromatic heterocycles. The molecule has 1 aliphatic heterocycles. The molecule has 0 spiro atoms. The Kier molecular flexibility index (Phi) is 16.5. The van der Waals surface area contributed by atoms with Crippen LogP contribution in [0.5, 0.6) is 0 Å². The Morgan fingerprint density at radius 2 is 1.81 bits per heavy atom. The van der Waals surface area contributed by atoms with Crippen LogP contribution >= 0.6 is 0 Å². The Morgan fingerprint density at radius 1 is 1.15 bits per heavy atom. The fraction of sp³-hybridized carbons (Fsp3) is 0.561. The molecule has 1 aromatic carbocycles. The minimum absolute atomic E-state index is 0.0561. The Balaban J connectivity index is 2.11. The highest BCUT2D eigenvalue weighted by molar-refractivity contribution is 6.74. The van der Waals surface area contributed by atoms with Crippen LogP contribution in [0.2, 0.25) is 18.1 Å². The van der Waals surface area contributed by atoms with Crippen molar-refractivity contribution < 1.29 is 28.2 Å². The molecule has 0 amide bonds. The molecule has 0 bridgehead atoms. The lowest BCUT2D eigenvalue weighted by Crippen LogP contribution is -2.43. The normalized spacial score (nSPS) is 20.1. The Hall–Kier alpha value is -3.00. The van der Waals surface area contributed by atoms with Crippen LogP contribution in [-0.2, 0) is 23.4 Å². The van der Waals surface area contributed by atoms with Gasteiger partial charge in [-0.15, -0.1) is 0 Å². The van der Waals surface area contributed by atoms with Gasteiger partial charge in [-0.25, -0.2) is 4.79 Å². The van der Waals surface area contributed by atoms with E-state index in [1.165, 1.54) is 7.11 Å². The van der Waals surface area contributed by atoms with E-state index in [-0.39, 0.29) is 53.2 Å². The van der Waals surface area contributed by atoms with Crippen molar-refractivity contribution in [2.45, 2.75) is 130 Å². The third kappa shape index (κ3) is 13.5. The van der Waals surface area contributed by atoms with E-state index in [9.17, 15) is 9.59 Å². The number of rotatable bonds is 18. The molecule has 6 nitrogen and oxygen atoms in total. The molecule has 7 heteroatoms. The predicted octanol–water partition coefficient (Wildman–Crippen LogP) is 10.3. The van der Waals surface area contributed by atoms with Gasteiger partial charge in [0.15, 0.2) is 8.32 Å². The summed E-state index contributed by atoms with van der Waals surface area (Å²) >= 11 is 0. The molecule has 0 aliphatic carbocycles. The lowest BCUT2D eigenvalue weighted by molar-refractivity contribution is -0.145. The molecule has 0 radical (unpaired) electrons. The van der Waals surface area contributed by atoms with Gasteiger partial charge in [0.1, 0.15) is 6.10 Å². The zero-order chi connectivity index (χ0) is 36.1. The molecule has 0 N–H and O–H groups in total. The van der Waals surface area contributed by atoms with Gasteiger partial charge in [-0.1, -0.05) is 102 Å². The molecular weight excluding hydrogens is 617 g/mol. The van der Waals surface area contributed by atoms with Crippen LogP contribution in [0.25, 0.3) is 0 Å². The van der Waals surface area contributed by atoms with Crippen LogP contribution in [-0.4, -0.2) is 51.8 Å². The predicted molar refractivity (Wildman–Crippen MR) is 200 cm³/mol. The first-order valence-corrected chi connectivity index (χ1v) is 20.4. The van der Waals surface area contributed by atoms with Crippen LogP contribution in [0.4, 0.5) is 0 Å². The minimum atomic E-state index is -2.09. The van der Waals surface area contributed by atoms with Gasteiger partial charge in [0.25, 0.3) is 0 Å². The number of methoxy groups -OCH3 is 1. The molecule has 6 atom stereocenters. The summed E-state index contributed by atoms with van der Waals surface area (Å²) in [4.78, 5) is 24.7. The van der Waals surface area contributed by atoms with Crippen LogP contribution < -0.4 is 0 Å². The maximum absolute atomic E-state index is 12.7. The molecule has 1 fully saturated rings. The van der Waals surface area contributed by atoms with Crippen molar-refractivity contribution in [3.05, 3.63) is 96.2 Å². The average molecular weight is 679 g/mol. The largest absolute Gasteiger partial charge is 0.469 e. The first kappa shape index (κ1) is 41.2. The summed E-state index contributed by atoms with van der Waals surface area (Å²) in [5.74, 6) is -0.436. The van der Waals surface area contributed by atoms with Crippen molar-refractivity contribution in [1.82, 2.24) is 0 Å². The van der Waals surface area contributed by atoms with E-state index in [2.05, 4.69) is 79.1 Å². The summed E-state index contributed by atoms with van der Waals surface area (Å²) in [5, 5.41) is 0.0561. The van der Waals surface area contributed by atoms with Crippen LogP contribution in [0.3, 0.4) is 0 Å². The molecule has 2 rings (SSSR count). The minimum Gasteiger partial charge on any atom is -0.469 e. The molecule has 266 valence electrons. The van der Waals surface area contributed by atoms with E-state index < -0.39 is 8.32 Å². The molecular formula is C41H62O6Si. The summed E-state index contributed by atoms with van der Waals surface area (Å²) in [7, 11) is -0.653. The smallest absolute Gasteiger partial charge is 0.338 e. The van der Waals surface area contributed by atoms with E-state index in [1.807, 2.05) is 44.2 Å². The summed E-state index contributed by atoms with van der Waals surface area (Å²) in [5.41, 5.74) is 3.75. The highest BCUT2D eigenvalue weighted by atomic mass is 28.4. The second-order valence-electron chi connectivity index (χ2n) is 14.9. The Morgan fingerprint density at radius 3 is 2.42 bits per heavy atom. The maximum Gasteiger partial charge on any atom is 0.338 e. The number of benzene rings is 1. The first-order chi connectivity index (χ1) is 22.5. The Labute approximate surface area is 292 Å². The van der Waals surface area contributed by atoms with Gasteiger partial charge >= 0.3 is 11.9 Å². The number of ether oxygens (including phenoxy) is 3. The third-order valence-electron chi connectivity index (χ3n) is 9.59. The quantitative estimate of drug-likeness (QED) is 0.0666. The van der Waals surface area contributed by atoms with Crippen molar-refractivity contribution in [3.63, 3.8) is 0 Å². The van der Waals surface area contributed by atoms with Gasteiger partial charge in [-0.3, -0.25) is 4.79 Å². The number of carbonyl (C=O) groups is 2. The van der Waals surface area contributed by atoms with Crippen molar-refractivity contribution in [2.75, 3.05) is 7.11 Å². The van der Waals surface area contributed by atoms with E-state index in [1.54, 1.807) is 12.1 Å². The highest BCUT2D eigenvalue weighted by Crippen LogP contribution is 2.39. The zero-order valence-electron chi connectivity index (χ0n) is 31.3. The SMILES string of the molecule is C=C(C[C@@H](C=C[C@H]1CC(=C)[C@@H](CC[C@@H](C/C=C/C)OC(=O)c2ccccc2)O1)O[Si](C)(C)C(C)(C)C)/C(C)=C/[C@H](C)C[C@@H](C)C(=O)OC. The summed E-state index contributed by atoms with van der Waals surface area (Å²) in [6.07, 6.45) is 14.1. The van der Waals surface area contributed by atoms with Gasteiger partial charge in [-0.2, -0.15) is 0 Å². The molecule has 48 heavy (non-hydrogen) atoms.